The number of nitrogens with zero attached hydrogens (tertiary/aromatic N) is 8. The quantitative estimate of drug-likeness (QED) is 0.0839. The van der Waals surface area contributed by atoms with Gasteiger partial charge in [0.1, 0.15) is 12.1 Å². The molecule has 0 aliphatic heterocycles. The fraction of sp³-hybridized carbons (Fsp3) is 0. The number of nitrogens with two attached hydrogens (primary N) is 1. The van der Waals surface area contributed by atoms with Gasteiger partial charge in [0.05, 0.1) is 0 Å². The number of thiol groups is 1. The van der Waals surface area contributed by atoms with Gasteiger partial charge in [-0.1, -0.05) is 18.2 Å². The van der Waals surface area contributed by atoms with E-state index < -0.39 is 0 Å². The number of carbonyl (C=O) groups is 1. The Balaban J connectivity index is 0.000000222. The van der Waals surface area contributed by atoms with E-state index in [1.807, 2.05) is 69.7 Å². The molecule has 0 aliphatic rings. The molecule has 5 heterocycles. The smallest absolute Gasteiger partial charge is 0.160 e. The first-order valence-corrected chi connectivity index (χ1v) is 10.00. The second-order valence-corrected chi connectivity index (χ2v) is 6.22. The Morgan fingerprint density at radius 1 is 1.06 bits per heavy atom. The van der Waals surface area contributed by atoms with Gasteiger partial charge in [-0.05, 0) is 52.3 Å². The number of carboxylic acid groups (broad SMARTS) is 1. The van der Waals surface area contributed by atoms with Crippen molar-refractivity contribution in [2.24, 2.45) is 10.1 Å². The molecule has 0 fully saturated rings. The van der Waals surface area contributed by atoms with Crippen LogP contribution in [0.2, 0.25) is 0 Å². The maximum Gasteiger partial charge on any atom is 0.160 e. The van der Waals surface area contributed by atoms with Crippen molar-refractivity contribution in [1.29, 1.82) is 0 Å². The predicted molar refractivity (Wildman–Crippen MR) is 132 cm³/mol. The van der Waals surface area contributed by atoms with Gasteiger partial charge in [-0.15, -0.1) is 20.4 Å². The SMILES string of the molecule is Brc1nnc2ccccn12.NNc1ccccn1.O=CO.[B]=NS.c1ccn2cnnc2c1. The molecule has 5 rings (SSSR count). The van der Waals surface area contributed by atoms with E-state index in [-0.39, 0.29) is 6.47 Å². The number of fused-ring (bicyclic) bond motifs is 2. The Morgan fingerprint density at radius 3 is 2.24 bits per heavy atom. The van der Waals surface area contributed by atoms with E-state index in [4.69, 9.17) is 15.7 Å². The van der Waals surface area contributed by atoms with Crippen LogP contribution in [-0.4, -0.2) is 53.4 Å². The molecule has 0 aromatic carbocycles. The minimum Gasteiger partial charge on any atom is -0.289 e. The molecule has 169 valence electrons. The number of hydrogen-bond acceptors (Lipinski definition) is 10. The Hall–Kier alpha value is -3.69. The van der Waals surface area contributed by atoms with Gasteiger partial charge in [-0.3, -0.25) is 13.6 Å². The summed E-state index contributed by atoms with van der Waals surface area (Å²) in [5, 5.41) is 22.1. The van der Waals surface area contributed by atoms with Crippen LogP contribution in [0.1, 0.15) is 0 Å². The number of anilines is 1. The molecule has 5 aromatic heterocycles. The molecule has 0 amide bonds. The van der Waals surface area contributed by atoms with E-state index in [1.54, 1.807) is 18.6 Å². The largest absolute Gasteiger partial charge is 0.289 e. The summed E-state index contributed by atoms with van der Waals surface area (Å²) in [4.78, 5) is 12.2. The fourth-order valence-corrected chi connectivity index (χ4v) is 2.41. The summed E-state index contributed by atoms with van der Waals surface area (Å²) in [5.41, 5.74) is 4.16. The zero-order valence-corrected chi connectivity index (χ0v) is 19.5. The number of aromatic nitrogens is 7. The Morgan fingerprint density at radius 2 is 1.70 bits per heavy atom. The summed E-state index contributed by atoms with van der Waals surface area (Å²) in [5.74, 6) is 5.72. The van der Waals surface area contributed by atoms with Crippen molar-refractivity contribution in [3.8, 4) is 0 Å². The molecule has 0 unspecified atom stereocenters. The van der Waals surface area contributed by atoms with Crippen molar-refractivity contribution in [2.45, 2.75) is 0 Å². The van der Waals surface area contributed by atoms with Gasteiger partial charge < -0.3 is 10.5 Å². The Kier molecular flexibility index (Phi) is 14.0. The molecule has 12 nitrogen and oxygen atoms in total. The first-order valence-electron chi connectivity index (χ1n) is 8.80. The predicted octanol–water partition coefficient (Wildman–Crippen LogP) is 2.47. The molecule has 0 saturated carbocycles. The standard InChI is InChI=1S/C6H4BrN3.C6H5N3.C5H7N3.CH2O2.BHNS/c7-6-9-8-5-3-1-2-4-10(5)6;1-2-4-9-5-7-8-6(9)3-1;6-8-5-3-1-2-4-7-5;2-1-3;1-2-3/h1-4H;1-5H;1-4H,6H2,(H,7,8);1H,(H,2,3);3H. The number of halogens is 1. The van der Waals surface area contributed by atoms with Crippen LogP contribution >= 0.6 is 28.7 Å². The number of nitrogens with one attached hydrogen (secondary N) is 1. The maximum atomic E-state index is 8.36. The Labute approximate surface area is 203 Å². The van der Waals surface area contributed by atoms with Crippen LogP contribution in [0.4, 0.5) is 5.82 Å². The van der Waals surface area contributed by atoms with Crippen molar-refractivity contribution in [2.75, 3.05) is 5.43 Å². The molecule has 1 radical (unpaired) electrons. The van der Waals surface area contributed by atoms with E-state index in [0.717, 1.165) is 16.0 Å². The number of pyridine rings is 3. The second kappa shape index (κ2) is 16.9. The van der Waals surface area contributed by atoms with Gasteiger partial charge >= 0.3 is 24.8 Å². The minimum absolute atomic E-state index is 0.250. The minimum atomic E-state index is -0.250. The third-order valence-electron chi connectivity index (χ3n) is 3.29. The molecule has 0 spiro atoms. The van der Waals surface area contributed by atoms with E-state index in [9.17, 15) is 0 Å². The molecular formula is C18H19BBrN10O2S. The number of hydrogen-bond donors (Lipinski definition) is 4. The van der Waals surface area contributed by atoms with E-state index in [1.165, 1.54) is 0 Å². The molecule has 4 N–H and O–H groups in total. The molecule has 0 saturated heterocycles. The number of rotatable bonds is 1. The third-order valence-corrected chi connectivity index (χ3v) is 3.83. The summed E-state index contributed by atoms with van der Waals surface area (Å²) < 4.78 is 7.16. The van der Waals surface area contributed by atoms with Crippen LogP contribution in [0.3, 0.4) is 0 Å². The normalized spacial score (nSPS) is 8.79. The van der Waals surface area contributed by atoms with Crippen LogP contribution in [-0.2, 0) is 4.79 Å². The summed E-state index contributed by atoms with van der Waals surface area (Å²) in [6.45, 7) is -0.250. The monoisotopic (exact) mass is 529 g/mol. The van der Waals surface area contributed by atoms with Crippen molar-refractivity contribution in [3.63, 3.8) is 0 Å². The molecule has 33 heavy (non-hydrogen) atoms. The van der Waals surface area contributed by atoms with Gasteiger partial charge in [-0.2, -0.15) is 0 Å². The van der Waals surface area contributed by atoms with Crippen molar-refractivity contribution in [1.82, 2.24) is 34.2 Å². The second-order valence-electron chi connectivity index (χ2n) is 5.28. The molecule has 0 aliphatic carbocycles. The van der Waals surface area contributed by atoms with Gasteiger partial charge in [0.2, 0.25) is 4.73 Å². The van der Waals surface area contributed by atoms with Crippen LogP contribution in [0.5, 0.6) is 0 Å². The van der Waals surface area contributed by atoms with Crippen LogP contribution in [0.25, 0.3) is 11.3 Å². The maximum absolute atomic E-state index is 8.36. The molecule has 0 atom stereocenters. The Bertz CT molecular complexity index is 1170. The van der Waals surface area contributed by atoms with Crippen LogP contribution < -0.4 is 11.3 Å². The van der Waals surface area contributed by atoms with Crippen molar-refractivity contribution >= 4 is 60.0 Å². The van der Waals surface area contributed by atoms with Gasteiger partial charge in [0.25, 0.3) is 6.47 Å². The zero-order chi connectivity index (χ0) is 24.3. The zero-order valence-electron chi connectivity index (χ0n) is 17.0. The first-order chi connectivity index (χ1) is 16.1. The van der Waals surface area contributed by atoms with Crippen molar-refractivity contribution in [3.05, 3.63) is 84.2 Å². The molecular weight excluding hydrogens is 511 g/mol. The van der Waals surface area contributed by atoms with Crippen LogP contribution in [0.15, 0.2) is 88.5 Å². The average molecular weight is 530 g/mol. The fourth-order valence-electron chi connectivity index (χ4n) is 2.03. The third kappa shape index (κ3) is 10.5. The number of nitrogen functional groups attached to an aromatic ring is 1. The van der Waals surface area contributed by atoms with Gasteiger partial charge in [0.15, 0.2) is 11.3 Å². The average Bonchev–Trinajstić information content (AvgIpc) is 3.49. The topological polar surface area (TPSA) is 161 Å². The van der Waals surface area contributed by atoms with E-state index in [0.29, 0.717) is 5.82 Å². The van der Waals surface area contributed by atoms with Gasteiger partial charge in [-0.25, -0.2) is 10.8 Å². The molecule has 0 bridgehead atoms. The van der Waals surface area contributed by atoms with Crippen molar-refractivity contribution < 1.29 is 9.90 Å². The summed E-state index contributed by atoms with van der Waals surface area (Å²) in [7, 11) is 4.34. The van der Waals surface area contributed by atoms with E-state index >= 15 is 0 Å². The first kappa shape index (κ1) is 27.3. The van der Waals surface area contributed by atoms with E-state index in [2.05, 4.69) is 71.5 Å². The molecule has 15 heteroatoms. The summed E-state index contributed by atoms with van der Waals surface area (Å²) >= 11 is 6.45. The number of hydrazine groups is 1. The summed E-state index contributed by atoms with van der Waals surface area (Å²) in [6, 6.07) is 17.0. The van der Waals surface area contributed by atoms with Crippen LogP contribution in [0, 0.1) is 0 Å². The van der Waals surface area contributed by atoms with Gasteiger partial charge in [0, 0.05) is 18.6 Å². The molecule has 5 aromatic rings. The summed E-state index contributed by atoms with van der Waals surface area (Å²) in [6.07, 6.45) is 7.17.